The molecule has 0 N–H and O–H groups in total. The number of hydrogen-bond donors (Lipinski definition) is 0. The Morgan fingerprint density at radius 2 is 1.67 bits per heavy atom. The van der Waals surface area contributed by atoms with E-state index in [0.717, 1.165) is 0 Å². The molecule has 1 aromatic rings. The molecule has 4 heteroatoms. The number of methoxy groups -OCH3 is 3. The minimum Gasteiger partial charge on any atom is -0.493 e. The molecule has 0 heterocycles. The van der Waals surface area contributed by atoms with Crippen molar-refractivity contribution in [3.63, 3.8) is 0 Å². The molecule has 0 fully saturated rings. The van der Waals surface area contributed by atoms with Crippen molar-refractivity contribution in [1.29, 1.82) is 0 Å². The van der Waals surface area contributed by atoms with E-state index in [4.69, 9.17) is 14.2 Å². The average molecular weight is 252 g/mol. The van der Waals surface area contributed by atoms with Crippen molar-refractivity contribution in [2.24, 2.45) is 5.92 Å². The molecule has 0 aliphatic heterocycles. The van der Waals surface area contributed by atoms with Crippen LogP contribution in [0.25, 0.3) is 0 Å². The Hall–Kier alpha value is -1.71. The lowest BCUT2D eigenvalue weighted by atomic mass is 10.00. The van der Waals surface area contributed by atoms with Crippen LogP contribution in [-0.2, 0) is 0 Å². The zero-order valence-electron chi connectivity index (χ0n) is 11.6. The van der Waals surface area contributed by atoms with Crippen molar-refractivity contribution in [1.82, 2.24) is 0 Å². The van der Waals surface area contributed by atoms with Crippen molar-refractivity contribution in [2.75, 3.05) is 21.3 Å². The van der Waals surface area contributed by atoms with E-state index >= 15 is 0 Å². The van der Waals surface area contributed by atoms with Crippen molar-refractivity contribution < 1.29 is 19.0 Å². The molecule has 0 saturated carbocycles. The molecule has 0 aliphatic carbocycles. The third kappa shape index (κ3) is 2.94. The monoisotopic (exact) mass is 252 g/mol. The van der Waals surface area contributed by atoms with Crippen molar-refractivity contribution >= 4 is 5.78 Å². The summed E-state index contributed by atoms with van der Waals surface area (Å²) in [5, 5.41) is 0. The smallest absolute Gasteiger partial charge is 0.204 e. The van der Waals surface area contributed by atoms with Crippen LogP contribution in [-0.4, -0.2) is 27.1 Å². The molecule has 0 spiro atoms. The summed E-state index contributed by atoms with van der Waals surface area (Å²) in [5.41, 5.74) is 0.531. The Bertz CT molecular complexity index is 424. The molecule has 0 aromatic heterocycles. The molecule has 0 unspecified atom stereocenters. The van der Waals surface area contributed by atoms with E-state index in [2.05, 4.69) is 0 Å². The van der Waals surface area contributed by atoms with Crippen LogP contribution in [0.15, 0.2) is 12.1 Å². The number of carbonyl (C=O) groups is 1. The Labute approximate surface area is 108 Å². The molecule has 1 aromatic carbocycles. The average Bonchev–Trinajstić information content (AvgIpc) is 2.35. The number of ketones is 1. The maximum atomic E-state index is 12.1. The highest BCUT2D eigenvalue weighted by Crippen LogP contribution is 2.40. The van der Waals surface area contributed by atoms with Crippen LogP contribution in [0.1, 0.15) is 30.6 Å². The van der Waals surface area contributed by atoms with Crippen LogP contribution in [0, 0.1) is 5.92 Å². The Morgan fingerprint density at radius 3 is 2.11 bits per heavy atom. The molecule has 0 bridgehead atoms. The molecular weight excluding hydrogens is 232 g/mol. The third-order valence-electron chi connectivity index (χ3n) is 2.60. The standard InChI is InChI=1S/C14H20O4/c1-9(2)8-11(15)10-6-7-12(16-3)14(18-5)13(10)17-4/h6-7,9H,8H2,1-5H3. The van der Waals surface area contributed by atoms with Crippen LogP contribution < -0.4 is 14.2 Å². The van der Waals surface area contributed by atoms with Gasteiger partial charge in [0.1, 0.15) is 0 Å². The Balaban J connectivity index is 3.24. The third-order valence-corrected chi connectivity index (χ3v) is 2.60. The maximum Gasteiger partial charge on any atom is 0.204 e. The fraction of sp³-hybridized carbons (Fsp3) is 0.500. The second-order valence-corrected chi connectivity index (χ2v) is 4.40. The fourth-order valence-corrected chi connectivity index (χ4v) is 1.80. The first-order valence-electron chi connectivity index (χ1n) is 5.87. The zero-order valence-corrected chi connectivity index (χ0v) is 11.6. The summed E-state index contributed by atoms with van der Waals surface area (Å²) in [6.07, 6.45) is 0.478. The van der Waals surface area contributed by atoms with E-state index in [1.54, 1.807) is 19.2 Å². The van der Waals surface area contributed by atoms with Crippen molar-refractivity contribution in [3.05, 3.63) is 17.7 Å². The first-order chi connectivity index (χ1) is 8.54. The summed E-state index contributed by atoms with van der Waals surface area (Å²) < 4.78 is 15.7. The summed E-state index contributed by atoms with van der Waals surface area (Å²) in [4.78, 5) is 12.1. The van der Waals surface area contributed by atoms with Gasteiger partial charge >= 0.3 is 0 Å². The van der Waals surface area contributed by atoms with Gasteiger partial charge in [0, 0.05) is 6.42 Å². The van der Waals surface area contributed by atoms with E-state index in [0.29, 0.717) is 35.2 Å². The van der Waals surface area contributed by atoms with Gasteiger partial charge in [0.2, 0.25) is 5.75 Å². The van der Waals surface area contributed by atoms with Gasteiger partial charge in [-0.2, -0.15) is 0 Å². The van der Waals surface area contributed by atoms with E-state index in [9.17, 15) is 4.79 Å². The first-order valence-corrected chi connectivity index (χ1v) is 5.87. The molecule has 0 aliphatic rings. The number of carbonyl (C=O) groups excluding carboxylic acids is 1. The zero-order chi connectivity index (χ0) is 13.7. The van der Waals surface area contributed by atoms with Crippen LogP contribution in [0.5, 0.6) is 17.2 Å². The predicted molar refractivity (Wildman–Crippen MR) is 69.9 cm³/mol. The minimum atomic E-state index is 0.0443. The molecule has 1 rings (SSSR count). The molecule has 18 heavy (non-hydrogen) atoms. The largest absolute Gasteiger partial charge is 0.493 e. The van der Waals surface area contributed by atoms with Gasteiger partial charge in [0.05, 0.1) is 26.9 Å². The van der Waals surface area contributed by atoms with Gasteiger partial charge in [-0.3, -0.25) is 4.79 Å². The molecule has 100 valence electrons. The number of hydrogen-bond acceptors (Lipinski definition) is 4. The van der Waals surface area contributed by atoms with Crippen molar-refractivity contribution in [3.8, 4) is 17.2 Å². The first kappa shape index (κ1) is 14.4. The van der Waals surface area contributed by atoms with E-state index < -0.39 is 0 Å². The second kappa shape index (κ2) is 6.28. The molecule has 0 amide bonds. The summed E-state index contributed by atoms with van der Waals surface area (Å²) in [6, 6.07) is 3.43. The van der Waals surface area contributed by atoms with Gasteiger partial charge in [-0.25, -0.2) is 0 Å². The molecule has 0 saturated heterocycles. The number of benzene rings is 1. The number of rotatable bonds is 6. The maximum absolute atomic E-state index is 12.1. The minimum absolute atomic E-state index is 0.0443. The predicted octanol–water partition coefficient (Wildman–Crippen LogP) is 2.94. The van der Waals surface area contributed by atoms with Gasteiger partial charge in [-0.15, -0.1) is 0 Å². The lowest BCUT2D eigenvalue weighted by Crippen LogP contribution is -2.07. The highest BCUT2D eigenvalue weighted by atomic mass is 16.5. The summed E-state index contributed by atoms with van der Waals surface area (Å²) in [5.74, 6) is 1.78. The summed E-state index contributed by atoms with van der Waals surface area (Å²) in [7, 11) is 4.59. The van der Waals surface area contributed by atoms with E-state index in [1.807, 2.05) is 13.8 Å². The van der Waals surface area contributed by atoms with Gasteiger partial charge in [0.25, 0.3) is 0 Å². The van der Waals surface area contributed by atoms with E-state index in [-0.39, 0.29) is 5.78 Å². The molecule has 0 radical (unpaired) electrons. The highest BCUT2D eigenvalue weighted by Gasteiger charge is 2.20. The lowest BCUT2D eigenvalue weighted by Gasteiger charge is -2.15. The molecular formula is C14H20O4. The Morgan fingerprint density at radius 1 is 1.06 bits per heavy atom. The van der Waals surface area contributed by atoms with Gasteiger partial charge in [-0.1, -0.05) is 13.8 Å². The number of Topliss-reactive ketones (excluding diaryl/α,β-unsaturated/α-hetero) is 1. The van der Waals surface area contributed by atoms with Crippen LogP contribution >= 0.6 is 0 Å². The normalized spacial score (nSPS) is 10.3. The quantitative estimate of drug-likeness (QED) is 0.730. The lowest BCUT2D eigenvalue weighted by molar-refractivity contribution is 0.0964. The summed E-state index contributed by atoms with van der Waals surface area (Å²) >= 11 is 0. The fourth-order valence-electron chi connectivity index (χ4n) is 1.80. The van der Waals surface area contributed by atoms with Gasteiger partial charge in [-0.05, 0) is 18.1 Å². The molecule has 0 atom stereocenters. The van der Waals surface area contributed by atoms with Gasteiger partial charge < -0.3 is 14.2 Å². The summed E-state index contributed by atoms with van der Waals surface area (Å²) in [6.45, 7) is 4.01. The van der Waals surface area contributed by atoms with Crippen LogP contribution in [0.3, 0.4) is 0 Å². The number of ether oxygens (including phenoxy) is 3. The van der Waals surface area contributed by atoms with Crippen molar-refractivity contribution in [2.45, 2.75) is 20.3 Å². The Kier molecular flexibility index (Phi) is 5.01. The van der Waals surface area contributed by atoms with Crippen LogP contribution in [0.2, 0.25) is 0 Å². The van der Waals surface area contributed by atoms with E-state index in [1.165, 1.54) is 14.2 Å². The highest BCUT2D eigenvalue weighted by molar-refractivity contribution is 6.00. The second-order valence-electron chi connectivity index (χ2n) is 4.40. The van der Waals surface area contributed by atoms with Gasteiger partial charge in [0.15, 0.2) is 17.3 Å². The topological polar surface area (TPSA) is 44.8 Å². The SMILES string of the molecule is COc1ccc(C(=O)CC(C)C)c(OC)c1OC. The molecule has 4 nitrogen and oxygen atoms in total. The van der Waals surface area contributed by atoms with Crippen LogP contribution in [0.4, 0.5) is 0 Å².